The Bertz CT molecular complexity index is 438. The van der Waals surface area contributed by atoms with E-state index in [1.807, 2.05) is 0 Å². The second-order valence-corrected chi connectivity index (χ2v) is 5.11. The fraction of sp³-hybridized carbons (Fsp3) is 0.562. The van der Waals surface area contributed by atoms with Crippen molar-refractivity contribution in [3.05, 3.63) is 24.0 Å². The van der Waals surface area contributed by atoms with Crippen molar-refractivity contribution in [2.45, 2.75) is 45.4 Å². The quantitative estimate of drug-likeness (QED) is 0.511. The van der Waals surface area contributed by atoms with Crippen molar-refractivity contribution in [1.82, 2.24) is 0 Å². The number of carbonyl (C=O) groups excluding carboxylic acids is 1. The van der Waals surface area contributed by atoms with E-state index in [0.29, 0.717) is 12.3 Å². The maximum Gasteiger partial charge on any atom is 0.250 e. The fourth-order valence-corrected chi connectivity index (χ4v) is 1.97. The highest BCUT2D eigenvalue weighted by Crippen LogP contribution is 2.17. The SMILES string of the molecule is CCCCCCCCOCC(=O)Nc1cc(N)ccc1F. The highest BCUT2D eigenvalue weighted by Gasteiger charge is 2.07. The van der Waals surface area contributed by atoms with Crippen LogP contribution in [0.3, 0.4) is 0 Å². The molecule has 5 heteroatoms. The summed E-state index contributed by atoms with van der Waals surface area (Å²) < 4.78 is 18.7. The van der Waals surface area contributed by atoms with Gasteiger partial charge >= 0.3 is 0 Å². The first-order chi connectivity index (χ1) is 10.1. The summed E-state index contributed by atoms with van der Waals surface area (Å²) in [6.45, 7) is 2.67. The number of carbonyl (C=O) groups is 1. The number of amides is 1. The summed E-state index contributed by atoms with van der Waals surface area (Å²) in [5, 5.41) is 2.45. The molecule has 21 heavy (non-hydrogen) atoms. The summed E-state index contributed by atoms with van der Waals surface area (Å²) in [6, 6.07) is 4.06. The first kappa shape index (κ1) is 17.4. The number of halogens is 1. The van der Waals surface area contributed by atoms with Gasteiger partial charge in [0.1, 0.15) is 12.4 Å². The van der Waals surface area contributed by atoms with E-state index in [1.54, 1.807) is 0 Å². The molecular formula is C16H25FN2O2. The molecule has 0 unspecified atom stereocenters. The topological polar surface area (TPSA) is 64.3 Å². The van der Waals surface area contributed by atoms with Crippen molar-refractivity contribution in [3.8, 4) is 0 Å². The Morgan fingerprint density at radius 3 is 2.71 bits per heavy atom. The van der Waals surface area contributed by atoms with Gasteiger partial charge in [0.2, 0.25) is 5.91 Å². The molecule has 1 aromatic carbocycles. The third-order valence-electron chi connectivity index (χ3n) is 3.14. The van der Waals surface area contributed by atoms with Crippen LogP contribution in [0.15, 0.2) is 18.2 Å². The van der Waals surface area contributed by atoms with Crippen molar-refractivity contribution < 1.29 is 13.9 Å². The van der Waals surface area contributed by atoms with Crippen LogP contribution in [0.1, 0.15) is 45.4 Å². The minimum absolute atomic E-state index is 0.0663. The predicted molar refractivity (Wildman–Crippen MR) is 83.6 cm³/mol. The number of nitrogens with one attached hydrogen (secondary N) is 1. The van der Waals surface area contributed by atoms with Crippen LogP contribution >= 0.6 is 0 Å². The van der Waals surface area contributed by atoms with Gasteiger partial charge in [-0.15, -0.1) is 0 Å². The third kappa shape index (κ3) is 7.66. The number of rotatable bonds is 10. The molecule has 1 aromatic rings. The number of hydrogen-bond donors (Lipinski definition) is 2. The number of ether oxygens (including phenoxy) is 1. The fourth-order valence-electron chi connectivity index (χ4n) is 1.97. The maximum absolute atomic E-state index is 13.4. The molecule has 0 atom stereocenters. The van der Waals surface area contributed by atoms with E-state index >= 15 is 0 Å². The lowest BCUT2D eigenvalue weighted by Crippen LogP contribution is -2.19. The van der Waals surface area contributed by atoms with Gasteiger partial charge in [-0.05, 0) is 24.6 Å². The van der Waals surface area contributed by atoms with E-state index in [-0.39, 0.29) is 18.2 Å². The third-order valence-corrected chi connectivity index (χ3v) is 3.14. The number of nitrogens with two attached hydrogens (primary N) is 1. The van der Waals surface area contributed by atoms with Gasteiger partial charge in [-0.2, -0.15) is 0 Å². The molecule has 0 bridgehead atoms. The van der Waals surface area contributed by atoms with Crippen LogP contribution in [0.25, 0.3) is 0 Å². The van der Waals surface area contributed by atoms with Crippen molar-refractivity contribution in [1.29, 1.82) is 0 Å². The lowest BCUT2D eigenvalue weighted by atomic mass is 10.1. The molecule has 0 saturated carbocycles. The summed E-state index contributed by atoms with van der Waals surface area (Å²) in [5.74, 6) is -0.876. The molecule has 3 N–H and O–H groups in total. The molecule has 118 valence electrons. The first-order valence-electron chi connectivity index (χ1n) is 7.56. The average molecular weight is 296 g/mol. The van der Waals surface area contributed by atoms with E-state index in [1.165, 1.54) is 43.9 Å². The first-order valence-corrected chi connectivity index (χ1v) is 7.56. The van der Waals surface area contributed by atoms with E-state index in [9.17, 15) is 9.18 Å². The smallest absolute Gasteiger partial charge is 0.250 e. The number of anilines is 2. The molecule has 0 aliphatic heterocycles. The summed E-state index contributed by atoms with van der Waals surface area (Å²) >= 11 is 0. The lowest BCUT2D eigenvalue weighted by Gasteiger charge is -2.08. The number of hydrogen-bond acceptors (Lipinski definition) is 3. The molecule has 1 rings (SSSR count). The van der Waals surface area contributed by atoms with Crippen LogP contribution in [0.4, 0.5) is 15.8 Å². The van der Waals surface area contributed by atoms with Gasteiger partial charge in [-0.25, -0.2) is 4.39 Å². The van der Waals surface area contributed by atoms with E-state index < -0.39 is 5.82 Å². The van der Waals surface area contributed by atoms with Crippen LogP contribution < -0.4 is 11.1 Å². The van der Waals surface area contributed by atoms with Crippen LogP contribution in [0.2, 0.25) is 0 Å². The predicted octanol–water partition coefficient (Wildman–Crippen LogP) is 3.72. The zero-order valence-corrected chi connectivity index (χ0v) is 12.7. The Balaban J connectivity index is 2.13. The molecular weight excluding hydrogens is 271 g/mol. The van der Waals surface area contributed by atoms with E-state index in [4.69, 9.17) is 10.5 Å². The van der Waals surface area contributed by atoms with Crippen LogP contribution in [0, 0.1) is 5.82 Å². The summed E-state index contributed by atoms with van der Waals surface area (Å²) in [6.07, 6.45) is 7.03. The molecule has 4 nitrogen and oxygen atoms in total. The summed E-state index contributed by atoms with van der Waals surface area (Å²) in [5.41, 5.74) is 6.03. The molecule has 0 aliphatic rings. The van der Waals surface area contributed by atoms with Gasteiger partial charge in [0.15, 0.2) is 0 Å². The monoisotopic (exact) mass is 296 g/mol. The second-order valence-electron chi connectivity index (χ2n) is 5.11. The molecule has 0 aromatic heterocycles. The Kier molecular flexibility index (Phi) is 8.43. The van der Waals surface area contributed by atoms with Gasteiger partial charge in [0.25, 0.3) is 0 Å². The molecule has 1 amide bonds. The van der Waals surface area contributed by atoms with Crippen LogP contribution in [0.5, 0.6) is 0 Å². The summed E-state index contributed by atoms with van der Waals surface area (Å²) in [7, 11) is 0. The normalized spacial score (nSPS) is 10.6. The second kappa shape index (κ2) is 10.2. The Morgan fingerprint density at radius 2 is 1.95 bits per heavy atom. The van der Waals surface area contributed by atoms with E-state index in [2.05, 4.69) is 12.2 Å². The standard InChI is InChI=1S/C16H25FN2O2/c1-2-3-4-5-6-7-10-21-12-16(20)19-15-11-13(18)8-9-14(15)17/h8-9,11H,2-7,10,12,18H2,1H3,(H,19,20). The molecule has 0 radical (unpaired) electrons. The number of unbranched alkanes of at least 4 members (excludes halogenated alkanes) is 5. The largest absolute Gasteiger partial charge is 0.399 e. The number of benzene rings is 1. The van der Waals surface area contributed by atoms with Crippen molar-refractivity contribution >= 4 is 17.3 Å². The van der Waals surface area contributed by atoms with Gasteiger partial charge in [0, 0.05) is 12.3 Å². The molecule has 0 fully saturated rings. The number of nitrogen functional groups attached to an aromatic ring is 1. The minimum Gasteiger partial charge on any atom is -0.399 e. The highest BCUT2D eigenvalue weighted by molar-refractivity contribution is 5.92. The Morgan fingerprint density at radius 1 is 1.24 bits per heavy atom. The van der Waals surface area contributed by atoms with Crippen LogP contribution in [-0.2, 0) is 9.53 Å². The maximum atomic E-state index is 13.4. The van der Waals surface area contributed by atoms with E-state index in [0.717, 1.165) is 12.8 Å². The Labute approximate surface area is 125 Å². The molecule has 0 heterocycles. The minimum atomic E-state index is -0.506. The molecule has 0 spiro atoms. The van der Waals surface area contributed by atoms with Gasteiger partial charge in [-0.3, -0.25) is 4.79 Å². The van der Waals surface area contributed by atoms with Gasteiger partial charge < -0.3 is 15.8 Å². The molecule has 0 aliphatic carbocycles. The Hall–Kier alpha value is -1.62. The zero-order valence-electron chi connectivity index (χ0n) is 12.7. The van der Waals surface area contributed by atoms with Crippen molar-refractivity contribution in [3.63, 3.8) is 0 Å². The van der Waals surface area contributed by atoms with Crippen molar-refractivity contribution in [2.24, 2.45) is 0 Å². The zero-order chi connectivity index (χ0) is 15.5. The van der Waals surface area contributed by atoms with Gasteiger partial charge in [-0.1, -0.05) is 39.0 Å². The van der Waals surface area contributed by atoms with Gasteiger partial charge in [0.05, 0.1) is 5.69 Å². The summed E-state index contributed by atoms with van der Waals surface area (Å²) in [4.78, 5) is 11.6. The van der Waals surface area contributed by atoms with Crippen LogP contribution in [-0.4, -0.2) is 19.1 Å². The highest BCUT2D eigenvalue weighted by atomic mass is 19.1. The molecule has 0 saturated heterocycles. The van der Waals surface area contributed by atoms with Crippen molar-refractivity contribution in [2.75, 3.05) is 24.3 Å². The average Bonchev–Trinajstić information content (AvgIpc) is 2.46. The lowest BCUT2D eigenvalue weighted by molar-refractivity contribution is -0.120.